The van der Waals surface area contributed by atoms with E-state index < -0.39 is 0 Å². The number of aryl methyl sites for hydroxylation is 1. The molecule has 1 saturated heterocycles. The van der Waals surface area contributed by atoms with E-state index in [0.29, 0.717) is 54.9 Å². The number of hydrogen-bond donors (Lipinski definition) is 0. The minimum atomic E-state index is -0.251. The van der Waals surface area contributed by atoms with Crippen LogP contribution in [0.3, 0.4) is 0 Å². The lowest BCUT2D eigenvalue weighted by Crippen LogP contribution is -2.50. The van der Waals surface area contributed by atoms with Crippen LogP contribution in [0.1, 0.15) is 5.56 Å². The highest BCUT2D eigenvalue weighted by atomic mass is 19.1. The van der Waals surface area contributed by atoms with E-state index in [1.54, 1.807) is 23.1 Å². The summed E-state index contributed by atoms with van der Waals surface area (Å²) in [4.78, 5) is 21.0. The molecular weight excluding hydrogens is 447 g/mol. The van der Waals surface area contributed by atoms with E-state index in [-0.39, 0.29) is 18.3 Å². The van der Waals surface area contributed by atoms with E-state index in [0.717, 1.165) is 11.1 Å². The lowest BCUT2D eigenvalue weighted by Gasteiger charge is -2.36. The average Bonchev–Trinajstić information content (AvgIpc) is 3.38. The Labute approximate surface area is 202 Å². The number of nitrogens with zero attached hydrogens (tertiary/aromatic N) is 4. The summed E-state index contributed by atoms with van der Waals surface area (Å²) in [5.41, 5.74) is 3.19. The first-order chi connectivity index (χ1) is 17.1. The first-order valence-electron chi connectivity index (χ1n) is 11.5. The number of carbonyl (C=O) groups is 1. The molecule has 1 aromatic heterocycles. The Bertz CT molecular complexity index is 1310. The Morgan fingerprint density at radius 2 is 1.69 bits per heavy atom. The first kappa shape index (κ1) is 22.6. The molecule has 4 aromatic rings. The molecule has 1 fully saturated rings. The molecule has 5 rings (SSSR count). The molecule has 0 bridgehead atoms. The maximum atomic E-state index is 14.1. The predicted octanol–water partition coefficient (Wildman–Crippen LogP) is 4.58. The number of para-hydroxylation sites is 2. The largest absolute Gasteiger partial charge is 0.483 e. The van der Waals surface area contributed by atoms with Gasteiger partial charge in [-0.15, -0.1) is 0 Å². The van der Waals surface area contributed by atoms with Crippen LogP contribution in [0.4, 0.5) is 10.1 Å². The van der Waals surface area contributed by atoms with Crippen molar-refractivity contribution in [3.8, 4) is 28.6 Å². The zero-order valence-electron chi connectivity index (χ0n) is 19.4. The van der Waals surface area contributed by atoms with Crippen molar-refractivity contribution in [2.45, 2.75) is 6.92 Å². The standard InChI is InChI=1S/C27H25FN4O3/c1-19-10-12-20(13-11-19)26-29-27(35-30-26)21-6-2-5-9-24(21)34-18-25(33)32-16-14-31(15-17-32)23-8-4-3-7-22(23)28/h2-13H,14-18H2,1H3. The van der Waals surface area contributed by atoms with Crippen molar-refractivity contribution in [1.29, 1.82) is 0 Å². The maximum absolute atomic E-state index is 14.1. The second kappa shape index (κ2) is 9.97. The summed E-state index contributed by atoms with van der Waals surface area (Å²) >= 11 is 0. The summed E-state index contributed by atoms with van der Waals surface area (Å²) in [7, 11) is 0. The molecule has 178 valence electrons. The van der Waals surface area contributed by atoms with Crippen molar-refractivity contribution in [3.05, 3.63) is 84.2 Å². The van der Waals surface area contributed by atoms with Crippen LogP contribution < -0.4 is 9.64 Å². The lowest BCUT2D eigenvalue weighted by molar-refractivity contribution is -0.133. The number of rotatable bonds is 6. The van der Waals surface area contributed by atoms with Gasteiger partial charge < -0.3 is 19.1 Å². The molecule has 8 heteroatoms. The molecule has 1 aliphatic rings. The van der Waals surface area contributed by atoms with Crippen LogP contribution in [-0.4, -0.2) is 53.7 Å². The van der Waals surface area contributed by atoms with E-state index in [4.69, 9.17) is 9.26 Å². The molecule has 2 heterocycles. The Morgan fingerprint density at radius 1 is 0.971 bits per heavy atom. The number of piperazine rings is 1. The van der Waals surface area contributed by atoms with Crippen LogP contribution in [0.15, 0.2) is 77.3 Å². The molecule has 0 atom stereocenters. The van der Waals surface area contributed by atoms with Crippen molar-refractivity contribution in [3.63, 3.8) is 0 Å². The van der Waals surface area contributed by atoms with Gasteiger partial charge in [-0.2, -0.15) is 4.98 Å². The molecule has 3 aromatic carbocycles. The van der Waals surface area contributed by atoms with Gasteiger partial charge in [0, 0.05) is 31.7 Å². The molecule has 7 nitrogen and oxygen atoms in total. The van der Waals surface area contributed by atoms with Crippen molar-refractivity contribution in [2.75, 3.05) is 37.7 Å². The Balaban J connectivity index is 1.22. The van der Waals surface area contributed by atoms with Crippen LogP contribution in [0.25, 0.3) is 22.8 Å². The van der Waals surface area contributed by atoms with Crippen molar-refractivity contribution in [1.82, 2.24) is 15.0 Å². The number of ether oxygens (including phenoxy) is 1. The predicted molar refractivity (Wildman–Crippen MR) is 131 cm³/mol. The molecule has 0 saturated carbocycles. The minimum Gasteiger partial charge on any atom is -0.483 e. The summed E-state index contributed by atoms with van der Waals surface area (Å²) in [5, 5.41) is 4.09. The van der Waals surface area contributed by atoms with Crippen LogP contribution in [0.5, 0.6) is 5.75 Å². The molecule has 0 unspecified atom stereocenters. The average molecular weight is 473 g/mol. The monoisotopic (exact) mass is 472 g/mol. The Morgan fingerprint density at radius 3 is 2.46 bits per heavy atom. The number of carbonyl (C=O) groups excluding carboxylic acids is 1. The molecule has 35 heavy (non-hydrogen) atoms. The third-order valence-corrected chi connectivity index (χ3v) is 6.03. The fraction of sp³-hybridized carbons (Fsp3) is 0.222. The van der Waals surface area contributed by atoms with Crippen LogP contribution in [-0.2, 0) is 4.79 Å². The third kappa shape index (κ3) is 5.01. The van der Waals surface area contributed by atoms with E-state index in [1.165, 1.54) is 6.07 Å². The molecule has 1 amide bonds. The van der Waals surface area contributed by atoms with E-state index in [1.807, 2.05) is 60.4 Å². The SMILES string of the molecule is Cc1ccc(-c2noc(-c3ccccc3OCC(=O)N3CCN(c4ccccc4F)CC3)n2)cc1. The fourth-order valence-corrected chi connectivity index (χ4v) is 4.06. The number of anilines is 1. The molecule has 1 aliphatic heterocycles. The van der Waals surface area contributed by atoms with Crippen molar-refractivity contribution in [2.24, 2.45) is 0 Å². The number of benzene rings is 3. The quantitative estimate of drug-likeness (QED) is 0.409. The van der Waals surface area contributed by atoms with Gasteiger partial charge in [-0.25, -0.2) is 4.39 Å². The lowest BCUT2D eigenvalue weighted by atomic mass is 10.1. The molecule has 0 aliphatic carbocycles. The van der Waals surface area contributed by atoms with Gasteiger partial charge >= 0.3 is 0 Å². The van der Waals surface area contributed by atoms with Crippen molar-refractivity contribution < 1.29 is 18.4 Å². The van der Waals surface area contributed by atoms with Gasteiger partial charge in [0.2, 0.25) is 5.82 Å². The number of aromatic nitrogens is 2. The third-order valence-electron chi connectivity index (χ3n) is 6.03. The second-order valence-electron chi connectivity index (χ2n) is 8.39. The topological polar surface area (TPSA) is 71.7 Å². The van der Waals surface area contributed by atoms with Gasteiger partial charge in [-0.1, -0.05) is 59.3 Å². The normalized spacial score (nSPS) is 13.7. The minimum absolute atomic E-state index is 0.115. The highest BCUT2D eigenvalue weighted by molar-refractivity contribution is 5.78. The van der Waals surface area contributed by atoms with E-state index in [9.17, 15) is 9.18 Å². The van der Waals surface area contributed by atoms with E-state index in [2.05, 4.69) is 10.1 Å². The van der Waals surface area contributed by atoms with Gasteiger partial charge in [0.15, 0.2) is 6.61 Å². The highest BCUT2D eigenvalue weighted by Crippen LogP contribution is 2.30. The van der Waals surface area contributed by atoms with Crippen molar-refractivity contribution >= 4 is 11.6 Å². The summed E-state index contributed by atoms with van der Waals surface area (Å²) in [6, 6.07) is 21.8. The second-order valence-corrected chi connectivity index (χ2v) is 8.39. The number of hydrogen-bond acceptors (Lipinski definition) is 6. The highest BCUT2D eigenvalue weighted by Gasteiger charge is 2.23. The maximum Gasteiger partial charge on any atom is 0.262 e. The summed E-state index contributed by atoms with van der Waals surface area (Å²) < 4.78 is 25.4. The zero-order chi connectivity index (χ0) is 24.2. The summed E-state index contributed by atoms with van der Waals surface area (Å²) in [5.74, 6) is 0.920. The van der Waals surface area contributed by atoms with Gasteiger partial charge in [0.1, 0.15) is 11.6 Å². The summed E-state index contributed by atoms with van der Waals surface area (Å²) in [6.45, 7) is 4.03. The summed E-state index contributed by atoms with van der Waals surface area (Å²) in [6.07, 6.45) is 0. The molecule has 0 radical (unpaired) electrons. The van der Waals surface area contributed by atoms with Crippen LogP contribution in [0.2, 0.25) is 0 Å². The van der Waals surface area contributed by atoms with Gasteiger partial charge in [0.05, 0.1) is 11.3 Å². The Hall–Kier alpha value is -4.20. The van der Waals surface area contributed by atoms with Crippen LogP contribution >= 0.6 is 0 Å². The molecule has 0 N–H and O–H groups in total. The number of halogens is 1. The Kier molecular flexibility index (Phi) is 6.43. The molecule has 0 spiro atoms. The first-order valence-corrected chi connectivity index (χ1v) is 11.5. The van der Waals surface area contributed by atoms with E-state index >= 15 is 0 Å². The number of amides is 1. The fourth-order valence-electron chi connectivity index (χ4n) is 4.06. The van der Waals surface area contributed by atoms with Gasteiger partial charge in [-0.3, -0.25) is 4.79 Å². The smallest absolute Gasteiger partial charge is 0.262 e. The van der Waals surface area contributed by atoms with Gasteiger partial charge in [-0.05, 0) is 31.2 Å². The van der Waals surface area contributed by atoms with Crippen LogP contribution in [0, 0.1) is 12.7 Å². The zero-order valence-corrected chi connectivity index (χ0v) is 19.4. The van der Waals surface area contributed by atoms with Gasteiger partial charge in [0.25, 0.3) is 11.8 Å². The molecular formula is C27H25FN4O3.